The second kappa shape index (κ2) is 13.4. The molecule has 0 spiro atoms. The van der Waals surface area contributed by atoms with Gasteiger partial charge in [-0.25, -0.2) is 12.8 Å². The molecule has 0 aliphatic heterocycles. The minimum Gasteiger partial charge on any atom is -0.354 e. The van der Waals surface area contributed by atoms with Crippen molar-refractivity contribution in [2.45, 2.75) is 66.0 Å². The number of sulfonamides is 1. The minimum absolute atomic E-state index is 0.0602. The number of aryl methyl sites for hydroxylation is 2. The first-order valence-corrected chi connectivity index (χ1v) is 14.2. The van der Waals surface area contributed by atoms with Crippen LogP contribution in [-0.4, -0.2) is 50.5 Å². The quantitative estimate of drug-likeness (QED) is 0.399. The monoisotopic (exact) mass is 519 g/mol. The molecule has 0 fully saturated rings. The molecular formula is C27H38FN3O4S. The summed E-state index contributed by atoms with van der Waals surface area (Å²) >= 11 is 0. The van der Waals surface area contributed by atoms with Crippen molar-refractivity contribution >= 4 is 27.5 Å². The van der Waals surface area contributed by atoms with Crippen LogP contribution in [0.3, 0.4) is 0 Å². The SMILES string of the molecule is CCCCNC(=O)[C@H](C)N(Cc1ccc(F)cc1)C(=O)CCCN(c1ccc(C)c(C)c1)S(C)(=O)=O. The summed E-state index contributed by atoms with van der Waals surface area (Å²) < 4.78 is 39.6. The van der Waals surface area contributed by atoms with Crippen LogP contribution in [0.4, 0.5) is 10.1 Å². The van der Waals surface area contributed by atoms with Crippen molar-refractivity contribution in [3.05, 3.63) is 65.0 Å². The zero-order valence-corrected chi connectivity index (χ0v) is 22.7. The Morgan fingerprint density at radius 1 is 1.03 bits per heavy atom. The average Bonchev–Trinajstić information content (AvgIpc) is 2.82. The van der Waals surface area contributed by atoms with E-state index in [4.69, 9.17) is 0 Å². The predicted octanol–water partition coefficient (Wildman–Crippen LogP) is 4.32. The molecule has 0 bridgehead atoms. The first kappa shape index (κ1) is 29.3. The van der Waals surface area contributed by atoms with Gasteiger partial charge in [0.25, 0.3) is 0 Å². The highest BCUT2D eigenvalue weighted by Gasteiger charge is 2.26. The number of halogens is 1. The van der Waals surface area contributed by atoms with E-state index >= 15 is 0 Å². The molecule has 0 aromatic heterocycles. The maximum Gasteiger partial charge on any atom is 0.242 e. The van der Waals surface area contributed by atoms with Crippen LogP contribution >= 0.6 is 0 Å². The van der Waals surface area contributed by atoms with Crippen LogP contribution in [0.15, 0.2) is 42.5 Å². The Kier molecular flexibility index (Phi) is 10.9. The first-order valence-electron chi connectivity index (χ1n) is 12.3. The zero-order valence-electron chi connectivity index (χ0n) is 21.9. The standard InChI is InChI=1S/C27H38FN3O4S/c1-6-7-16-29-27(33)22(4)30(19-23-11-13-24(28)14-12-23)26(32)9-8-17-31(36(5,34)35)25-15-10-20(2)21(3)18-25/h10-15,18,22H,6-9,16-17,19H2,1-5H3,(H,29,33)/t22-/m0/s1. The molecule has 36 heavy (non-hydrogen) atoms. The Balaban J connectivity index is 2.15. The van der Waals surface area contributed by atoms with Crippen LogP contribution in [0.2, 0.25) is 0 Å². The van der Waals surface area contributed by atoms with Crippen molar-refractivity contribution in [2.75, 3.05) is 23.7 Å². The second-order valence-corrected chi connectivity index (χ2v) is 11.1. The molecule has 2 aromatic rings. The van der Waals surface area contributed by atoms with Crippen LogP contribution < -0.4 is 9.62 Å². The van der Waals surface area contributed by atoms with E-state index in [0.717, 1.165) is 30.2 Å². The number of carbonyl (C=O) groups excluding carboxylic acids is 2. The lowest BCUT2D eigenvalue weighted by atomic mass is 10.1. The second-order valence-electron chi connectivity index (χ2n) is 9.18. The lowest BCUT2D eigenvalue weighted by Crippen LogP contribution is -2.48. The zero-order chi connectivity index (χ0) is 26.9. The maximum absolute atomic E-state index is 13.4. The van der Waals surface area contributed by atoms with Gasteiger partial charge in [0, 0.05) is 26.1 Å². The summed E-state index contributed by atoms with van der Waals surface area (Å²) in [5, 5.41) is 2.86. The van der Waals surface area contributed by atoms with E-state index in [1.807, 2.05) is 32.9 Å². The molecule has 2 amide bonds. The molecular weight excluding hydrogens is 481 g/mol. The molecule has 0 aliphatic carbocycles. The van der Waals surface area contributed by atoms with Gasteiger partial charge in [0.05, 0.1) is 11.9 Å². The molecule has 0 heterocycles. The number of rotatable bonds is 13. The van der Waals surface area contributed by atoms with Gasteiger partial charge in [-0.15, -0.1) is 0 Å². The van der Waals surface area contributed by atoms with E-state index in [0.29, 0.717) is 17.8 Å². The van der Waals surface area contributed by atoms with Crippen molar-refractivity contribution in [2.24, 2.45) is 0 Å². The predicted molar refractivity (Wildman–Crippen MR) is 142 cm³/mol. The van der Waals surface area contributed by atoms with Gasteiger partial charge in [0.15, 0.2) is 0 Å². The summed E-state index contributed by atoms with van der Waals surface area (Å²) in [6, 6.07) is 10.5. The molecule has 0 saturated heterocycles. The number of unbranched alkanes of at least 4 members (excludes halogenated alkanes) is 1. The Morgan fingerprint density at radius 3 is 2.28 bits per heavy atom. The molecule has 2 rings (SSSR count). The Hall–Kier alpha value is -2.94. The third kappa shape index (κ3) is 8.62. The van der Waals surface area contributed by atoms with Gasteiger partial charge in [-0.05, 0) is 74.6 Å². The van der Waals surface area contributed by atoms with Crippen molar-refractivity contribution in [3.63, 3.8) is 0 Å². The maximum atomic E-state index is 13.4. The number of amides is 2. The van der Waals surface area contributed by atoms with E-state index in [-0.39, 0.29) is 43.6 Å². The number of nitrogens with zero attached hydrogens (tertiary/aromatic N) is 2. The van der Waals surface area contributed by atoms with Crippen LogP contribution in [0.1, 0.15) is 56.2 Å². The normalized spacial score (nSPS) is 12.2. The summed E-state index contributed by atoms with van der Waals surface area (Å²) in [5.74, 6) is -0.910. The fourth-order valence-corrected chi connectivity index (χ4v) is 4.75. The summed E-state index contributed by atoms with van der Waals surface area (Å²) in [7, 11) is -3.55. The van der Waals surface area contributed by atoms with E-state index in [2.05, 4.69) is 5.32 Å². The first-order chi connectivity index (χ1) is 16.9. The van der Waals surface area contributed by atoms with Crippen LogP contribution in [-0.2, 0) is 26.2 Å². The van der Waals surface area contributed by atoms with Gasteiger partial charge in [-0.2, -0.15) is 0 Å². The average molecular weight is 520 g/mol. The van der Waals surface area contributed by atoms with E-state index < -0.39 is 16.1 Å². The molecule has 9 heteroatoms. The fraction of sp³-hybridized carbons (Fsp3) is 0.481. The highest BCUT2D eigenvalue weighted by molar-refractivity contribution is 7.92. The topological polar surface area (TPSA) is 86.8 Å². The third-order valence-corrected chi connectivity index (χ3v) is 7.39. The van der Waals surface area contributed by atoms with Gasteiger partial charge >= 0.3 is 0 Å². The number of carbonyl (C=O) groups is 2. The molecule has 0 saturated carbocycles. The summed E-state index contributed by atoms with van der Waals surface area (Å²) in [6.07, 6.45) is 3.26. The Bertz CT molecular complexity index is 1140. The van der Waals surface area contributed by atoms with Crippen LogP contribution in [0.5, 0.6) is 0 Å². The smallest absolute Gasteiger partial charge is 0.242 e. The number of nitrogens with one attached hydrogen (secondary N) is 1. The van der Waals surface area contributed by atoms with Gasteiger partial charge in [0.2, 0.25) is 21.8 Å². The van der Waals surface area contributed by atoms with Crippen LogP contribution in [0.25, 0.3) is 0 Å². The van der Waals surface area contributed by atoms with Gasteiger partial charge in [0.1, 0.15) is 11.9 Å². The van der Waals surface area contributed by atoms with Gasteiger partial charge in [-0.1, -0.05) is 31.5 Å². The number of hydrogen-bond acceptors (Lipinski definition) is 4. The highest BCUT2D eigenvalue weighted by Crippen LogP contribution is 2.22. The largest absolute Gasteiger partial charge is 0.354 e. The summed E-state index contributed by atoms with van der Waals surface area (Å²) in [6.45, 7) is 8.37. The lowest BCUT2D eigenvalue weighted by molar-refractivity contribution is -0.140. The number of hydrogen-bond donors (Lipinski definition) is 1. The van der Waals surface area contributed by atoms with Gasteiger partial charge in [-0.3, -0.25) is 13.9 Å². The third-order valence-electron chi connectivity index (χ3n) is 6.19. The molecule has 2 aromatic carbocycles. The van der Waals surface area contributed by atoms with E-state index in [1.165, 1.54) is 21.3 Å². The molecule has 198 valence electrons. The van der Waals surface area contributed by atoms with Crippen molar-refractivity contribution in [3.8, 4) is 0 Å². The van der Waals surface area contributed by atoms with Crippen molar-refractivity contribution < 1.29 is 22.4 Å². The van der Waals surface area contributed by atoms with Crippen molar-refractivity contribution in [1.82, 2.24) is 10.2 Å². The fourth-order valence-electron chi connectivity index (χ4n) is 3.79. The Morgan fingerprint density at radius 2 is 1.69 bits per heavy atom. The molecule has 7 nitrogen and oxygen atoms in total. The van der Waals surface area contributed by atoms with Crippen LogP contribution in [0, 0.1) is 19.7 Å². The molecule has 1 N–H and O–H groups in total. The minimum atomic E-state index is -3.55. The molecule has 0 radical (unpaired) electrons. The summed E-state index contributed by atoms with van der Waals surface area (Å²) in [4.78, 5) is 27.4. The lowest BCUT2D eigenvalue weighted by Gasteiger charge is -2.29. The number of anilines is 1. The van der Waals surface area contributed by atoms with E-state index in [9.17, 15) is 22.4 Å². The van der Waals surface area contributed by atoms with E-state index in [1.54, 1.807) is 25.1 Å². The number of benzene rings is 2. The highest BCUT2D eigenvalue weighted by atomic mass is 32.2. The summed E-state index contributed by atoms with van der Waals surface area (Å²) in [5.41, 5.74) is 3.29. The molecule has 0 aliphatic rings. The molecule has 1 atom stereocenters. The Labute approximate surface area is 214 Å². The molecule has 0 unspecified atom stereocenters. The van der Waals surface area contributed by atoms with Crippen molar-refractivity contribution in [1.29, 1.82) is 0 Å². The van der Waals surface area contributed by atoms with Gasteiger partial charge < -0.3 is 10.2 Å².